The second kappa shape index (κ2) is 6.30. The Bertz CT molecular complexity index is 515. The van der Waals surface area contributed by atoms with E-state index in [9.17, 15) is 4.39 Å². The van der Waals surface area contributed by atoms with Gasteiger partial charge >= 0.3 is 7.12 Å². The summed E-state index contributed by atoms with van der Waals surface area (Å²) in [5.41, 5.74) is 0.735. The summed E-state index contributed by atoms with van der Waals surface area (Å²) in [6, 6.07) is 5.07. The van der Waals surface area contributed by atoms with Crippen LogP contribution in [-0.2, 0) is 15.9 Å². The van der Waals surface area contributed by atoms with Crippen molar-refractivity contribution in [2.45, 2.75) is 59.3 Å². The molecule has 0 saturated carbocycles. The van der Waals surface area contributed by atoms with E-state index in [0.29, 0.717) is 18.0 Å². The Balaban J connectivity index is 2.13. The zero-order valence-electron chi connectivity index (χ0n) is 14.5. The molecule has 0 radical (unpaired) electrons. The molecule has 122 valence electrons. The van der Waals surface area contributed by atoms with Crippen LogP contribution >= 0.6 is 0 Å². The minimum absolute atomic E-state index is 0.198. The minimum Gasteiger partial charge on any atom is -0.399 e. The molecule has 1 aromatic rings. The maximum atomic E-state index is 14.0. The van der Waals surface area contributed by atoms with E-state index in [0.717, 1.165) is 12.0 Å². The summed E-state index contributed by atoms with van der Waals surface area (Å²) in [5.74, 6) is 0.339. The fraction of sp³-hybridized carbons (Fsp3) is 0.647. The molecule has 1 saturated heterocycles. The van der Waals surface area contributed by atoms with Crippen molar-refractivity contribution in [1.82, 2.24) is 5.32 Å². The minimum atomic E-state index is -0.450. The molecule has 0 bridgehead atoms. The molecule has 3 nitrogen and oxygen atoms in total. The van der Waals surface area contributed by atoms with Crippen LogP contribution in [0.1, 0.15) is 47.1 Å². The zero-order valence-corrected chi connectivity index (χ0v) is 14.5. The molecule has 22 heavy (non-hydrogen) atoms. The van der Waals surface area contributed by atoms with E-state index in [-0.39, 0.29) is 17.0 Å². The Kier molecular flexibility index (Phi) is 5.00. The number of benzene rings is 1. The number of hydrogen-bond donors (Lipinski definition) is 1. The first-order valence-electron chi connectivity index (χ1n) is 7.97. The summed E-state index contributed by atoms with van der Waals surface area (Å²) in [6.07, 6.45) is 0. The molecule has 1 aromatic carbocycles. The van der Waals surface area contributed by atoms with Crippen LogP contribution in [0, 0.1) is 11.7 Å². The van der Waals surface area contributed by atoms with E-state index < -0.39 is 7.12 Å². The SMILES string of the molecule is CC(C)CNCc1cc(B2OC(C)(C)C(C)(C)O2)ccc1F. The lowest BCUT2D eigenvalue weighted by Gasteiger charge is -2.32. The van der Waals surface area contributed by atoms with Gasteiger partial charge in [-0.2, -0.15) is 0 Å². The van der Waals surface area contributed by atoms with Crippen molar-refractivity contribution in [2.24, 2.45) is 5.92 Å². The first kappa shape index (κ1) is 17.4. The van der Waals surface area contributed by atoms with E-state index in [2.05, 4.69) is 19.2 Å². The molecule has 0 aliphatic carbocycles. The van der Waals surface area contributed by atoms with Gasteiger partial charge in [-0.3, -0.25) is 0 Å². The summed E-state index contributed by atoms with van der Waals surface area (Å²) in [7, 11) is -0.450. The number of halogens is 1. The Morgan fingerprint density at radius 1 is 1.14 bits per heavy atom. The predicted molar refractivity (Wildman–Crippen MR) is 88.7 cm³/mol. The molecule has 0 atom stereocenters. The van der Waals surface area contributed by atoms with Crippen LogP contribution in [0.15, 0.2) is 18.2 Å². The largest absolute Gasteiger partial charge is 0.494 e. The van der Waals surface area contributed by atoms with Crippen LogP contribution in [0.25, 0.3) is 0 Å². The smallest absolute Gasteiger partial charge is 0.399 e. The molecule has 0 aromatic heterocycles. The van der Waals surface area contributed by atoms with Crippen molar-refractivity contribution in [3.8, 4) is 0 Å². The molecule has 0 spiro atoms. The summed E-state index contributed by atoms with van der Waals surface area (Å²) in [5, 5.41) is 3.27. The number of hydrogen-bond acceptors (Lipinski definition) is 3. The van der Waals surface area contributed by atoms with Crippen LogP contribution in [0.5, 0.6) is 0 Å². The second-order valence-electron chi connectivity index (χ2n) is 7.46. The fourth-order valence-electron chi connectivity index (χ4n) is 2.35. The maximum absolute atomic E-state index is 14.0. The lowest BCUT2D eigenvalue weighted by molar-refractivity contribution is 0.00578. The molecular weight excluding hydrogens is 280 g/mol. The van der Waals surface area contributed by atoms with Crippen molar-refractivity contribution in [2.75, 3.05) is 6.54 Å². The Morgan fingerprint density at radius 2 is 1.73 bits per heavy atom. The van der Waals surface area contributed by atoms with E-state index >= 15 is 0 Å². The molecule has 1 fully saturated rings. The predicted octanol–water partition coefficient (Wildman–Crippen LogP) is 2.87. The van der Waals surface area contributed by atoms with Gasteiger partial charge in [0, 0.05) is 12.1 Å². The first-order valence-corrected chi connectivity index (χ1v) is 7.97. The Hall–Kier alpha value is -0.905. The third kappa shape index (κ3) is 3.70. The van der Waals surface area contributed by atoms with Gasteiger partial charge in [-0.1, -0.05) is 26.0 Å². The third-order valence-electron chi connectivity index (χ3n) is 4.46. The van der Waals surface area contributed by atoms with Gasteiger partial charge in [0.25, 0.3) is 0 Å². The monoisotopic (exact) mass is 307 g/mol. The summed E-state index contributed by atoms with van der Waals surface area (Å²) in [4.78, 5) is 0. The first-order chi connectivity index (χ1) is 10.1. The average Bonchev–Trinajstić information content (AvgIpc) is 2.60. The van der Waals surface area contributed by atoms with Crippen LogP contribution < -0.4 is 10.8 Å². The molecule has 1 heterocycles. The highest BCUT2D eigenvalue weighted by molar-refractivity contribution is 6.62. The van der Waals surface area contributed by atoms with Gasteiger partial charge in [0.1, 0.15) is 5.82 Å². The average molecular weight is 307 g/mol. The van der Waals surface area contributed by atoms with Crippen LogP contribution in [0.4, 0.5) is 4.39 Å². The Morgan fingerprint density at radius 3 is 2.27 bits per heavy atom. The van der Waals surface area contributed by atoms with Crippen LogP contribution in [-0.4, -0.2) is 24.9 Å². The van der Waals surface area contributed by atoms with Crippen molar-refractivity contribution in [3.63, 3.8) is 0 Å². The summed E-state index contributed by atoms with van der Waals surface area (Å²) < 4.78 is 26.0. The standard InChI is InChI=1S/C17H27BFNO2/c1-12(2)10-20-11-13-9-14(7-8-15(13)19)18-21-16(3,4)17(5,6)22-18/h7-9,12,20H,10-11H2,1-6H3. The highest BCUT2D eigenvalue weighted by atomic mass is 19.1. The van der Waals surface area contributed by atoms with E-state index in [1.165, 1.54) is 6.07 Å². The van der Waals surface area contributed by atoms with Gasteiger partial charge in [0.05, 0.1) is 11.2 Å². The lowest BCUT2D eigenvalue weighted by Crippen LogP contribution is -2.41. The zero-order chi connectivity index (χ0) is 16.5. The second-order valence-corrected chi connectivity index (χ2v) is 7.46. The van der Waals surface area contributed by atoms with Crippen molar-refractivity contribution in [1.29, 1.82) is 0 Å². The van der Waals surface area contributed by atoms with Crippen LogP contribution in [0.3, 0.4) is 0 Å². The molecular formula is C17H27BFNO2. The molecule has 1 N–H and O–H groups in total. The van der Waals surface area contributed by atoms with Gasteiger partial charge in [-0.05, 0) is 51.7 Å². The fourth-order valence-corrected chi connectivity index (χ4v) is 2.35. The van der Waals surface area contributed by atoms with Gasteiger partial charge in [0.2, 0.25) is 0 Å². The summed E-state index contributed by atoms with van der Waals surface area (Å²) in [6.45, 7) is 13.7. The van der Waals surface area contributed by atoms with Crippen molar-refractivity contribution >= 4 is 12.6 Å². The third-order valence-corrected chi connectivity index (χ3v) is 4.46. The molecule has 2 rings (SSSR count). The number of nitrogens with one attached hydrogen (secondary N) is 1. The van der Waals surface area contributed by atoms with Gasteiger partial charge in [-0.25, -0.2) is 4.39 Å². The topological polar surface area (TPSA) is 30.5 Å². The highest BCUT2D eigenvalue weighted by Gasteiger charge is 2.51. The van der Waals surface area contributed by atoms with Crippen molar-refractivity contribution in [3.05, 3.63) is 29.6 Å². The highest BCUT2D eigenvalue weighted by Crippen LogP contribution is 2.36. The molecule has 5 heteroatoms. The van der Waals surface area contributed by atoms with Gasteiger partial charge < -0.3 is 14.6 Å². The maximum Gasteiger partial charge on any atom is 0.494 e. The normalized spacial score (nSPS) is 19.9. The quantitative estimate of drug-likeness (QED) is 0.849. The molecule has 1 aliphatic heterocycles. The molecule has 1 aliphatic rings. The van der Waals surface area contributed by atoms with Gasteiger partial charge in [-0.15, -0.1) is 0 Å². The van der Waals surface area contributed by atoms with Crippen molar-refractivity contribution < 1.29 is 13.7 Å². The Labute approximate surface area is 133 Å². The number of rotatable bonds is 5. The van der Waals surface area contributed by atoms with E-state index in [1.807, 2.05) is 33.8 Å². The molecule has 0 amide bonds. The van der Waals surface area contributed by atoms with E-state index in [1.54, 1.807) is 6.07 Å². The molecule has 0 unspecified atom stereocenters. The van der Waals surface area contributed by atoms with Gasteiger partial charge in [0.15, 0.2) is 0 Å². The lowest BCUT2D eigenvalue weighted by atomic mass is 9.78. The van der Waals surface area contributed by atoms with E-state index in [4.69, 9.17) is 9.31 Å². The summed E-state index contributed by atoms with van der Waals surface area (Å²) >= 11 is 0. The van der Waals surface area contributed by atoms with Crippen LogP contribution in [0.2, 0.25) is 0 Å².